The second-order valence-electron chi connectivity index (χ2n) is 3.59. The highest BCUT2D eigenvalue weighted by Gasteiger charge is 2.16. The van der Waals surface area contributed by atoms with Gasteiger partial charge in [0.15, 0.2) is 0 Å². The lowest BCUT2D eigenvalue weighted by molar-refractivity contribution is 0.475. The van der Waals surface area contributed by atoms with Crippen molar-refractivity contribution in [3.63, 3.8) is 0 Å². The van der Waals surface area contributed by atoms with E-state index in [1.807, 2.05) is 0 Å². The van der Waals surface area contributed by atoms with Gasteiger partial charge < -0.3 is 5.11 Å². The van der Waals surface area contributed by atoms with Gasteiger partial charge in [0.25, 0.3) is 10.1 Å². The molecule has 0 bridgehead atoms. The molecule has 0 saturated carbocycles. The maximum atomic E-state index is 11.2. The molecule has 0 unspecified atom stereocenters. The molecule has 16 heavy (non-hydrogen) atoms. The van der Waals surface area contributed by atoms with Gasteiger partial charge in [-0.1, -0.05) is 12.1 Å². The number of phenolic OH excluding ortho intramolecular Hbond substituents is 1. The minimum Gasteiger partial charge on any atom is -0.508 e. The molecule has 2 rings (SSSR count). The highest BCUT2D eigenvalue weighted by molar-refractivity contribution is 7.86. The standard InChI is InChI=1S/C11H10O4S/c1-7-2-3-8-6-9(12)4-5-10(8)11(7)16(13,14)15/h2-6,12H,1H3,(H,13,14,15). The third kappa shape index (κ3) is 1.75. The largest absolute Gasteiger partial charge is 0.508 e. The first-order valence-corrected chi connectivity index (χ1v) is 6.03. The van der Waals surface area contributed by atoms with Crippen molar-refractivity contribution in [1.29, 1.82) is 0 Å². The summed E-state index contributed by atoms with van der Waals surface area (Å²) in [4.78, 5) is -0.106. The second-order valence-corrected chi connectivity index (χ2v) is 4.95. The highest BCUT2D eigenvalue weighted by atomic mass is 32.2. The van der Waals surface area contributed by atoms with E-state index in [2.05, 4.69) is 0 Å². The Balaban J connectivity index is 2.97. The minimum absolute atomic E-state index is 0.0534. The maximum absolute atomic E-state index is 11.2. The van der Waals surface area contributed by atoms with E-state index < -0.39 is 10.1 Å². The molecule has 0 aliphatic heterocycles. The molecule has 5 heteroatoms. The Kier molecular flexibility index (Phi) is 2.36. The quantitative estimate of drug-likeness (QED) is 0.746. The summed E-state index contributed by atoms with van der Waals surface area (Å²) in [6, 6.07) is 7.59. The third-order valence-corrected chi connectivity index (χ3v) is 3.47. The molecular formula is C11H10O4S. The summed E-state index contributed by atoms with van der Waals surface area (Å²) in [5.74, 6) is 0.0534. The summed E-state index contributed by atoms with van der Waals surface area (Å²) in [5, 5.41) is 10.3. The number of hydrogen-bond donors (Lipinski definition) is 2. The first-order chi connectivity index (χ1) is 7.39. The Morgan fingerprint density at radius 1 is 1.12 bits per heavy atom. The van der Waals surface area contributed by atoms with Crippen LogP contribution in [0.1, 0.15) is 5.56 Å². The van der Waals surface area contributed by atoms with Gasteiger partial charge in [-0.3, -0.25) is 4.55 Å². The van der Waals surface area contributed by atoms with Crippen LogP contribution in [0.25, 0.3) is 10.8 Å². The van der Waals surface area contributed by atoms with E-state index in [1.54, 1.807) is 19.1 Å². The number of benzene rings is 2. The molecule has 0 heterocycles. The zero-order valence-corrected chi connectivity index (χ0v) is 9.32. The lowest BCUT2D eigenvalue weighted by Crippen LogP contribution is -2.01. The molecule has 2 N–H and O–H groups in total. The van der Waals surface area contributed by atoms with Gasteiger partial charge in [0.1, 0.15) is 10.6 Å². The molecule has 0 radical (unpaired) electrons. The van der Waals surface area contributed by atoms with Crippen molar-refractivity contribution >= 4 is 20.9 Å². The van der Waals surface area contributed by atoms with Crippen molar-refractivity contribution < 1.29 is 18.1 Å². The lowest BCUT2D eigenvalue weighted by atomic mass is 10.1. The predicted octanol–water partition coefficient (Wildman–Crippen LogP) is 2.10. The maximum Gasteiger partial charge on any atom is 0.295 e. The van der Waals surface area contributed by atoms with E-state index in [-0.39, 0.29) is 10.6 Å². The van der Waals surface area contributed by atoms with Crippen molar-refractivity contribution in [3.8, 4) is 5.75 Å². The Hall–Kier alpha value is -1.59. The SMILES string of the molecule is Cc1ccc2cc(O)ccc2c1S(=O)(=O)O. The number of fused-ring (bicyclic) bond motifs is 1. The van der Waals surface area contributed by atoms with E-state index in [9.17, 15) is 13.5 Å². The fraction of sp³-hybridized carbons (Fsp3) is 0.0909. The average molecular weight is 238 g/mol. The van der Waals surface area contributed by atoms with Gasteiger partial charge in [-0.05, 0) is 36.1 Å². The smallest absolute Gasteiger partial charge is 0.295 e. The molecule has 0 spiro atoms. The van der Waals surface area contributed by atoms with Gasteiger partial charge in [0.2, 0.25) is 0 Å². The molecular weight excluding hydrogens is 228 g/mol. The topological polar surface area (TPSA) is 74.6 Å². The van der Waals surface area contributed by atoms with Crippen molar-refractivity contribution in [2.24, 2.45) is 0 Å². The average Bonchev–Trinajstić information content (AvgIpc) is 2.16. The van der Waals surface area contributed by atoms with E-state index >= 15 is 0 Å². The van der Waals surface area contributed by atoms with Crippen molar-refractivity contribution in [3.05, 3.63) is 35.9 Å². The van der Waals surface area contributed by atoms with Crippen molar-refractivity contribution in [1.82, 2.24) is 0 Å². The Morgan fingerprint density at radius 3 is 2.44 bits per heavy atom. The van der Waals surface area contributed by atoms with Gasteiger partial charge in [-0.2, -0.15) is 8.42 Å². The zero-order chi connectivity index (χ0) is 11.9. The number of rotatable bonds is 1. The molecule has 0 amide bonds. The molecule has 0 saturated heterocycles. The minimum atomic E-state index is -4.25. The van der Waals surface area contributed by atoms with Crippen LogP contribution in [0.3, 0.4) is 0 Å². The monoisotopic (exact) mass is 238 g/mol. The molecule has 84 valence electrons. The number of aryl methyl sites for hydroxylation is 1. The van der Waals surface area contributed by atoms with Crippen LogP contribution in [0.15, 0.2) is 35.2 Å². The zero-order valence-electron chi connectivity index (χ0n) is 8.51. The van der Waals surface area contributed by atoms with Crippen LogP contribution in [-0.4, -0.2) is 18.1 Å². The van der Waals surface area contributed by atoms with Gasteiger partial charge in [0.05, 0.1) is 0 Å². The van der Waals surface area contributed by atoms with Gasteiger partial charge in [-0.15, -0.1) is 0 Å². The summed E-state index contributed by atoms with van der Waals surface area (Å²) in [6.07, 6.45) is 0. The van der Waals surface area contributed by atoms with Crippen LogP contribution in [0.2, 0.25) is 0 Å². The van der Waals surface area contributed by atoms with Gasteiger partial charge in [-0.25, -0.2) is 0 Å². The number of phenols is 1. The van der Waals surface area contributed by atoms with Crippen LogP contribution < -0.4 is 0 Å². The predicted molar refractivity (Wildman–Crippen MR) is 60.2 cm³/mol. The molecule has 2 aromatic rings. The van der Waals surface area contributed by atoms with E-state index in [0.717, 1.165) is 0 Å². The van der Waals surface area contributed by atoms with Crippen LogP contribution >= 0.6 is 0 Å². The third-order valence-electron chi connectivity index (χ3n) is 2.41. The summed E-state index contributed by atoms with van der Waals surface area (Å²) >= 11 is 0. The second kappa shape index (κ2) is 3.47. The number of aromatic hydroxyl groups is 1. The van der Waals surface area contributed by atoms with Crippen LogP contribution in [0.5, 0.6) is 5.75 Å². The fourth-order valence-corrected chi connectivity index (χ4v) is 2.68. The van der Waals surface area contributed by atoms with Crippen LogP contribution in [0.4, 0.5) is 0 Å². The van der Waals surface area contributed by atoms with Crippen molar-refractivity contribution in [2.75, 3.05) is 0 Å². The summed E-state index contributed by atoms with van der Waals surface area (Å²) < 4.78 is 31.6. The van der Waals surface area contributed by atoms with Crippen LogP contribution in [0, 0.1) is 6.92 Å². The fourth-order valence-electron chi connectivity index (χ4n) is 1.74. The summed E-state index contributed by atoms with van der Waals surface area (Å²) in [6.45, 7) is 1.61. The molecule has 0 aliphatic rings. The highest BCUT2D eigenvalue weighted by Crippen LogP contribution is 2.28. The van der Waals surface area contributed by atoms with E-state index in [1.165, 1.54) is 18.2 Å². The summed E-state index contributed by atoms with van der Waals surface area (Å²) in [5.41, 5.74) is 0.473. The Bertz CT molecular complexity index is 659. The molecule has 0 aliphatic carbocycles. The van der Waals surface area contributed by atoms with Crippen LogP contribution in [-0.2, 0) is 10.1 Å². The molecule has 0 aromatic heterocycles. The first-order valence-electron chi connectivity index (χ1n) is 4.59. The molecule has 2 aromatic carbocycles. The molecule has 0 fully saturated rings. The Morgan fingerprint density at radius 2 is 1.81 bits per heavy atom. The van der Waals surface area contributed by atoms with E-state index in [0.29, 0.717) is 16.3 Å². The number of hydrogen-bond acceptors (Lipinski definition) is 3. The lowest BCUT2D eigenvalue weighted by Gasteiger charge is -2.07. The van der Waals surface area contributed by atoms with Crippen molar-refractivity contribution in [2.45, 2.75) is 11.8 Å². The van der Waals surface area contributed by atoms with Gasteiger partial charge >= 0.3 is 0 Å². The van der Waals surface area contributed by atoms with E-state index in [4.69, 9.17) is 4.55 Å². The van der Waals surface area contributed by atoms with Gasteiger partial charge in [0, 0.05) is 5.39 Å². The Labute approximate surface area is 92.9 Å². The molecule has 4 nitrogen and oxygen atoms in total. The first kappa shape index (κ1) is 10.9. The molecule has 0 atom stereocenters. The summed E-state index contributed by atoms with van der Waals surface area (Å²) in [7, 11) is -4.25. The normalized spacial score (nSPS) is 11.9.